The summed E-state index contributed by atoms with van der Waals surface area (Å²) in [4.78, 5) is 0. The molecule has 0 amide bonds. The Labute approximate surface area is 400 Å². The lowest BCUT2D eigenvalue weighted by Gasteiger charge is -2.41. The lowest BCUT2D eigenvalue weighted by molar-refractivity contribution is -0.103. The third-order valence-electron chi connectivity index (χ3n) is 9.30. The molecule has 0 spiro atoms. The predicted molar refractivity (Wildman–Crippen MR) is 254 cm³/mol. The molecule has 0 aromatic heterocycles. The fraction of sp³-hybridized carbons (Fsp3) is 0.900. The Morgan fingerprint density at radius 3 is 1.33 bits per heavy atom. The smallest absolute Gasteiger partial charge is 0.516 e. The molecule has 0 bridgehead atoms. The molecule has 0 saturated heterocycles. The van der Waals surface area contributed by atoms with Crippen molar-refractivity contribution in [2.24, 2.45) is 0 Å². The minimum Gasteiger partial charge on any atom is -0.516 e. The Kier molecular flexibility index (Phi) is 45.2. The van der Waals surface area contributed by atoms with E-state index in [1.54, 1.807) is 77.8 Å². The average Bonchev–Trinajstić information content (AvgIpc) is 3.30. The summed E-state index contributed by atoms with van der Waals surface area (Å²) in [5.74, 6) is 0. The van der Waals surface area contributed by atoms with Crippen LogP contribution in [0.1, 0.15) is 46.0 Å². The van der Waals surface area contributed by atoms with Gasteiger partial charge in [-0.25, -0.2) is 0 Å². The quantitative estimate of drug-likeness (QED) is 0.0386. The van der Waals surface area contributed by atoms with Gasteiger partial charge in [0.25, 0.3) is 0 Å². The summed E-state index contributed by atoms with van der Waals surface area (Å²) in [5.41, 5.74) is -1.11. The van der Waals surface area contributed by atoms with Crippen molar-refractivity contribution in [3.8, 4) is 0 Å². The van der Waals surface area contributed by atoms with Gasteiger partial charge in [0.1, 0.15) is 11.8 Å². The molecule has 4 N–H and O–H groups in total. The fourth-order valence-corrected chi connectivity index (χ4v) is 14.0. The zero-order chi connectivity index (χ0) is 50.8. The largest absolute Gasteiger partial charge is 0.527 e. The van der Waals surface area contributed by atoms with Crippen LogP contribution in [-0.4, -0.2) is 230 Å². The second kappa shape index (κ2) is 43.0. The topological polar surface area (TPSA) is 247 Å². The van der Waals surface area contributed by atoms with Crippen molar-refractivity contribution in [3.05, 3.63) is 25.7 Å². The fourth-order valence-electron chi connectivity index (χ4n) is 6.03. The molecule has 0 aliphatic heterocycles. The van der Waals surface area contributed by atoms with Gasteiger partial charge in [-0.1, -0.05) is 13.2 Å². The van der Waals surface area contributed by atoms with Crippen LogP contribution >= 0.6 is 0 Å². The summed E-state index contributed by atoms with van der Waals surface area (Å²) in [6, 6.07) is 1.38. The molecule has 0 aromatic rings. The Morgan fingerprint density at radius 2 is 0.909 bits per heavy atom. The van der Waals surface area contributed by atoms with Crippen molar-refractivity contribution < 1.29 is 102 Å². The van der Waals surface area contributed by atoms with Gasteiger partial charge in [0.05, 0.1) is 70.5 Å². The van der Waals surface area contributed by atoms with Gasteiger partial charge in [0, 0.05) is 123 Å². The molecule has 398 valence electrons. The Bertz CT molecular complexity index is 1080. The number of rotatable bonds is 44. The molecule has 22 nitrogen and oxygen atoms in total. The van der Waals surface area contributed by atoms with Crippen molar-refractivity contribution in [2.75, 3.05) is 151 Å². The highest BCUT2D eigenvalue weighted by Crippen LogP contribution is 2.31. The van der Waals surface area contributed by atoms with E-state index in [0.717, 1.165) is 12.5 Å². The van der Waals surface area contributed by atoms with Crippen LogP contribution in [0.5, 0.6) is 0 Å². The van der Waals surface area contributed by atoms with Crippen LogP contribution in [0, 0.1) is 0 Å². The van der Waals surface area contributed by atoms with Gasteiger partial charge in [-0.2, -0.15) is 0 Å². The SMILES string of the molecule is C=CO.C=CO.COCCC[Si](OC)(OC)OC(COCCCC(COC)(CO[Si](CCCOCC(C)O)(OC)OC)O[Si](CCCOCC(C)O)(OC)OC)CO[Si](COC)(OC)OC. The molecule has 4 unspecified atom stereocenters. The van der Waals surface area contributed by atoms with E-state index in [-0.39, 0.29) is 52.5 Å². The van der Waals surface area contributed by atoms with Crippen LogP contribution in [0.4, 0.5) is 0 Å². The summed E-state index contributed by atoms with van der Waals surface area (Å²) in [7, 11) is 4.16. The number of hydrogen-bond acceptors (Lipinski definition) is 22. The standard InChI is InChI=1S/C36H82O20Si4.2C2H4O/c1-33(37)26-50-21-16-23-57(42-6,43-7)54-31-36(30-40-4,56-59(46-10,47-11)25-17-22-51-27-34(2)38)18-14-20-52-28-35(29-53-60(48-12,49-13)32-41-5)55-58(44-8,45-9)24-15-19-39-3;2*1-2-3/h33-35,37-38H,14-32H2,1-13H3;2*2-3H,1H2. The molecule has 4 atom stereocenters. The van der Waals surface area contributed by atoms with Gasteiger partial charge in [0.15, 0.2) is 0 Å². The molecule has 0 rings (SSSR count). The van der Waals surface area contributed by atoms with Crippen LogP contribution in [0.3, 0.4) is 0 Å². The summed E-state index contributed by atoms with van der Waals surface area (Å²) < 4.78 is 107. The zero-order valence-electron chi connectivity index (χ0n) is 42.4. The summed E-state index contributed by atoms with van der Waals surface area (Å²) in [5, 5.41) is 33.9. The minimum absolute atomic E-state index is 0.0143. The number of ether oxygens (including phenoxy) is 6. The van der Waals surface area contributed by atoms with E-state index in [4.69, 9.17) is 91.7 Å². The Balaban J connectivity index is -0.00000623. The molecule has 0 saturated carbocycles. The zero-order valence-corrected chi connectivity index (χ0v) is 46.4. The van der Waals surface area contributed by atoms with Crippen LogP contribution < -0.4 is 0 Å². The molecule has 0 aliphatic carbocycles. The van der Waals surface area contributed by atoms with Crippen molar-refractivity contribution in [1.82, 2.24) is 0 Å². The van der Waals surface area contributed by atoms with Crippen molar-refractivity contribution >= 4 is 35.2 Å². The first-order chi connectivity index (χ1) is 31.5. The van der Waals surface area contributed by atoms with E-state index in [1.165, 1.54) is 14.2 Å². The molecule has 26 heteroatoms. The van der Waals surface area contributed by atoms with Crippen molar-refractivity contribution in [3.63, 3.8) is 0 Å². The van der Waals surface area contributed by atoms with Gasteiger partial charge < -0.3 is 102 Å². The van der Waals surface area contributed by atoms with Crippen molar-refractivity contribution in [1.29, 1.82) is 0 Å². The molecule has 0 aromatic carbocycles. The van der Waals surface area contributed by atoms with E-state index in [1.807, 2.05) is 0 Å². The number of aliphatic hydroxyl groups is 4. The molecule has 0 fully saturated rings. The molecular formula is C40H90O22Si4. The normalized spacial score (nSPS) is 14.6. The van der Waals surface area contributed by atoms with E-state index >= 15 is 0 Å². The van der Waals surface area contributed by atoms with E-state index in [0.29, 0.717) is 70.1 Å². The van der Waals surface area contributed by atoms with Crippen LogP contribution in [0.25, 0.3) is 0 Å². The molecule has 0 heterocycles. The maximum Gasteiger partial charge on any atom is 0.527 e. The van der Waals surface area contributed by atoms with Gasteiger partial charge in [0.2, 0.25) is 0 Å². The monoisotopic (exact) mass is 1030 g/mol. The molecule has 0 radical (unpaired) electrons. The minimum atomic E-state index is -3.39. The number of hydrogen-bond donors (Lipinski definition) is 4. The molecule has 0 aliphatic rings. The van der Waals surface area contributed by atoms with E-state index < -0.39 is 59.1 Å². The highest BCUT2D eigenvalue weighted by Gasteiger charge is 2.50. The van der Waals surface area contributed by atoms with Gasteiger partial charge >= 0.3 is 35.2 Å². The summed E-state index contributed by atoms with van der Waals surface area (Å²) >= 11 is 0. The highest BCUT2D eigenvalue weighted by molar-refractivity contribution is 6.62. The number of aliphatic hydroxyl groups excluding tert-OH is 4. The molecular weight excluding hydrogens is 945 g/mol. The third-order valence-corrected chi connectivity index (χ3v) is 20.4. The van der Waals surface area contributed by atoms with E-state index in [9.17, 15) is 10.2 Å². The first-order valence-electron chi connectivity index (χ1n) is 21.7. The lowest BCUT2D eigenvalue weighted by Crippen LogP contribution is -2.58. The van der Waals surface area contributed by atoms with Gasteiger partial charge in [-0.3, -0.25) is 0 Å². The van der Waals surface area contributed by atoms with Crippen LogP contribution in [0.15, 0.2) is 25.7 Å². The maximum absolute atomic E-state index is 9.64. The number of methoxy groups -OCH3 is 3. The first kappa shape index (κ1) is 69.4. The predicted octanol–water partition coefficient (Wildman–Crippen LogP) is 3.70. The van der Waals surface area contributed by atoms with Gasteiger partial charge in [-0.15, -0.1) is 0 Å². The van der Waals surface area contributed by atoms with Crippen molar-refractivity contribution in [2.45, 2.75) is 88.0 Å². The van der Waals surface area contributed by atoms with Gasteiger partial charge in [-0.05, 0) is 46.0 Å². The third kappa shape index (κ3) is 31.4. The first-order valence-corrected chi connectivity index (χ1v) is 29.4. The molecule has 66 heavy (non-hydrogen) atoms. The second-order valence-corrected chi connectivity index (χ2v) is 26.1. The Hall–Kier alpha value is -0.852. The lowest BCUT2D eigenvalue weighted by atomic mass is 10.0. The van der Waals surface area contributed by atoms with Crippen LogP contribution in [0.2, 0.25) is 18.1 Å². The Morgan fingerprint density at radius 1 is 0.485 bits per heavy atom. The maximum atomic E-state index is 9.64. The average molecular weight is 1040 g/mol. The van der Waals surface area contributed by atoms with E-state index in [2.05, 4.69) is 13.2 Å². The summed E-state index contributed by atoms with van der Waals surface area (Å²) in [6.45, 7) is 11.4. The highest BCUT2D eigenvalue weighted by atomic mass is 28.4. The summed E-state index contributed by atoms with van der Waals surface area (Å²) in [6.07, 6.45) is 2.52. The van der Waals surface area contributed by atoms with Crippen LogP contribution in [-0.2, 0) is 81.5 Å². The second-order valence-electron chi connectivity index (χ2n) is 14.6.